The van der Waals surface area contributed by atoms with Crippen LogP contribution in [0, 0.1) is 0 Å². The summed E-state index contributed by atoms with van der Waals surface area (Å²) in [4.78, 5) is 19.2. The SMILES string of the molecule is COCc1nc(COC2CCCN(C(=O)c3cccs3)C2)no1. The van der Waals surface area contributed by atoms with Crippen molar-refractivity contribution in [1.82, 2.24) is 15.0 Å². The van der Waals surface area contributed by atoms with Gasteiger partial charge in [-0.25, -0.2) is 0 Å². The molecular formula is C15H19N3O4S. The lowest BCUT2D eigenvalue weighted by atomic mass is 10.1. The molecule has 1 unspecified atom stereocenters. The zero-order chi connectivity index (χ0) is 16.1. The van der Waals surface area contributed by atoms with Crippen LogP contribution in [0.5, 0.6) is 0 Å². The van der Waals surface area contributed by atoms with Crippen molar-refractivity contribution in [3.05, 3.63) is 34.1 Å². The van der Waals surface area contributed by atoms with Crippen LogP contribution >= 0.6 is 11.3 Å². The molecule has 3 heterocycles. The van der Waals surface area contributed by atoms with Crippen molar-refractivity contribution in [2.45, 2.75) is 32.2 Å². The molecule has 7 nitrogen and oxygen atoms in total. The number of aromatic nitrogens is 2. The number of hydrogen-bond donors (Lipinski definition) is 0. The predicted octanol–water partition coefficient (Wildman–Crippen LogP) is 2.10. The fraction of sp³-hybridized carbons (Fsp3) is 0.533. The van der Waals surface area contributed by atoms with Gasteiger partial charge in [0.2, 0.25) is 0 Å². The van der Waals surface area contributed by atoms with Crippen molar-refractivity contribution in [1.29, 1.82) is 0 Å². The number of carbonyl (C=O) groups is 1. The molecule has 1 saturated heterocycles. The minimum absolute atomic E-state index is 0.00274. The summed E-state index contributed by atoms with van der Waals surface area (Å²) in [5.74, 6) is 1.01. The second kappa shape index (κ2) is 7.67. The number of ether oxygens (including phenoxy) is 2. The summed E-state index contributed by atoms with van der Waals surface area (Å²) >= 11 is 1.47. The Morgan fingerprint density at radius 1 is 1.52 bits per heavy atom. The van der Waals surface area contributed by atoms with Crippen molar-refractivity contribution >= 4 is 17.2 Å². The summed E-state index contributed by atoms with van der Waals surface area (Å²) in [5.41, 5.74) is 0. The molecule has 8 heteroatoms. The molecular weight excluding hydrogens is 318 g/mol. The van der Waals surface area contributed by atoms with E-state index in [-0.39, 0.29) is 18.6 Å². The smallest absolute Gasteiger partial charge is 0.264 e. The number of nitrogens with zero attached hydrogens (tertiary/aromatic N) is 3. The molecule has 3 rings (SSSR count). The molecule has 124 valence electrons. The van der Waals surface area contributed by atoms with E-state index in [1.165, 1.54) is 11.3 Å². The first kappa shape index (κ1) is 16.1. The van der Waals surface area contributed by atoms with Gasteiger partial charge < -0.3 is 18.9 Å². The quantitative estimate of drug-likeness (QED) is 0.803. The Morgan fingerprint density at radius 3 is 3.22 bits per heavy atom. The molecule has 1 fully saturated rings. The number of carbonyl (C=O) groups excluding carboxylic acids is 1. The Balaban J connectivity index is 1.51. The highest BCUT2D eigenvalue weighted by molar-refractivity contribution is 7.12. The molecule has 0 saturated carbocycles. The van der Waals surface area contributed by atoms with Gasteiger partial charge in [0.25, 0.3) is 11.8 Å². The molecule has 2 aromatic heterocycles. The van der Waals surface area contributed by atoms with Crippen molar-refractivity contribution in [3.63, 3.8) is 0 Å². The molecule has 0 aliphatic carbocycles. The van der Waals surface area contributed by atoms with Crippen LogP contribution < -0.4 is 0 Å². The van der Waals surface area contributed by atoms with Gasteiger partial charge in [0.1, 0.15) is 13.2 Å². The van der Waals surface area contributed by atoms with E-state index in [1.807, 2.05) is 22.4 Å². The maximum absolute atomic E-state index is 12.4. The third kappa shape index (κ3) is 4.15. The average molecular weight is 337 g/mol. The highest BCUT2D eigenvalue weighted by Gasteiger charge is 2.25. The summed E-state index contributed by atoms with van der Waals surface area (Å²) in [7, 11) is 1.57. The van der Waals surface area contributed by atoms with Crippen molar-refractivity contribution < 1.29 is 18.8 Å². The van der Waals surface area contributed by atoms with Gasteiger partial charge in [-0.2, -0.15) is 4.98 Å². The number of piperidine rings is 1. The Labute approximate surface area is 138 Å². The Bertz CT molecular complexity index is 628. The minimum atomic E-state index is -0.00274. The standard InChI is InChI=1S/C15H19N3O4S/c1-20-10-14-16-13(17-22-14)9-21-11-4-2-6-18(8-11)15(19)12-5-3-7-23-12/h3,5,7,11H,2,4,6,8-10H2,1H3. The van der Waals surface area contributed by atoms with Crippen LogP contribution in [-0.4, -0.2) is 47.3 Å². The topological polar surface area (TPSA) is 77.7 Å². The number of thiophene rings is 1. The van der Waals surface area contributed by atoms with Crippen LogP contribution in [0.3, 0.4) is 0 Å². The Kier molecular flexibility index (Phi) is 5.37. The van der Waals surface area contributed by atoms with Crippen molar-refractivity contribution in [2.75, 3.05) is 20.2 Å². The number of likely N-dealkylation sites (tertiary alicyclic amines) is 1. The van der Waals surface area contributed by atoms with Crippen molar-refractivity contribution in [2.24, 2.45) is 0 Å². The van der Waals surface area contributed by atoms with E-state index in [1.54, 1.807) is 7.11 Å². The molecule has 1 atom stereocenters. The van der Waals surface area contributed by atoms with E-state index in [9.17, 15) is 4.79 Å². The second-order valence-corrected chi connectivity index (χ2v) is 6.29. The van der Waals surface area contributed by atoms with Gasteiger partial charge in [0, 0.05) is 20.2 Å². The van der Waals surface area contributed by atoms with Gasteiger partial charge in [0.15, 0.2) is 5.82 Å². The number of rotatable bonds is 6. The number of amides is 1. The molecule has 23 heavy (non-hydrogen) atoms. The Morgan fingerprint density at radius 2 is 2.43 bits per heavy atom. The molecule has 0 radical (unpaired) electrons. The maximum Gasteiger partial charge on any atom is 0.264 e. The summed E-state index contributed by atoms with van der Waals surface area (Å²) in [5, 5.41) is 5.76. The summed E-state index contributed by atoms with van der Waals surface area (Å²) in [6.45, 7) is 1.94. The first-order valence-corrected chi connectivity index (χ1v) is 8.39. The average Bonchev–Trinajstić information content (AvgIpc) is 3.25. The van der Waals surface area contributed by atoms with Gasteiger partial charge in [-0.15, -0.1) is 11.3 Å². The van der Waals surface area contributed by atoms with Crippen LogP contribution in [0.1, 0.15) is 34.2 Å². The molecule has 1 aliphatic heterocycles. The normalized spacial score (nSPS) is 18.3. The van der Waals surface area contributed by atoms with Gasteiger partial charge in [-0.3, -0.25) is 4.79 Å². The molecule has 2 aromatic rings. The van der Waals surface area contributed by atoms with Crippen LogP contribution in [-0.2, 0) is 22.7 Å². The van der Waals surface area contributed by atoms with E-state index in [0.717, 1.165) is 24.3 Å². The van der Waals surface area contributed by atoms with Gasteiger partial charge in [-0.05, 0) is 24.3 Å². The van der Waals surface area contributed by atoms with E-state index in [4.69, 9.17) is 14.0 Å². The highest BCUT2D eigenvalue weighted by Crippen LogP contribution is 2.19. The van der Waals surface area contributed by atoms with Gasteiger partial charge >= 0.3 is 0 Å². The van der Waals surface area contributed by atoms with E-state index >= 15 is 0 Å². The highest BCUT2D eigenvalue weighted by atomic mass is 32.1. The predicted molar refractivity (Wildman–Crippen MR) is 83.0 cm³/mol. The fourth-order valence-corrected chi connectivity index (χ4v) is 3.23. The van der Waals surface area contributed by atoms with E-state index < -0.39 is 0 Å². The summed E-state index contributed by atoms with van der Waals surface area (Å²) in [6.07, 6.45) is 1.86. The summed E-state index contributed by atoms with van der Waals surface area (Å²) < 4.78 is 15.8. The molecule has 1 aliphatic rings. The lowest BCUT2D eigenvalue weighted by Gasteiger charge is -2.32. The minimum Gasteiger partial charge on any atom is -0.375 e. The van der Waals surface area contributed by atoms with Crippen LogP contribution in [0.25, 0.3) is 0 Å². The zero-order valence-electron chi connectivity index (χ0n) is 12.9. The van der Waals surface area contributed by atoms with Crippen LogP contribution in [0.15, 0.2) is 22.0 Å². The first-order chi connectivity index (χ1) is 11.3. The molecule has 0 N–H and O–H groups in total. The monoisotopic (exact) mass is 337 g/mol. The van der Waals surface area contributed by atoms with Crippen molar-refractivity contribution in [3.8, 4) is 0 Å². The zero-order valence-corrected chi connectivity index (χ0v) is 13.8. The molecule has 0 spiro atoms. The summed E-state index contributed by atoms with van der Waals surface area (Å²) in [6, 6.07) is 3.75. The largest absolute Gasteiger partial charge is 0.375 e. The Hall–Kier alpha value is -1.77. The lowest BCUT2D eigenvalue weighted by molar-refractivity contribution is -0.00948. The molecule has 1 amide bonds. The third-order valence-corrected chi connectivity index (χ3v) is 4.48. The molecule has 0 aromatic carbocycles. The fourth-order valence-electron chi connectivity index (χ4n) is 2.54. The van der Waals surface area contributed by atoms with Crippen LogP contribution in [0.2, 0.25) is 0 Å². The lowest BCUT2D eigenvalue weighted by Crippen LogP contribution is -2.43. The second-order valence-electron chi connectivity index (χ2n) is 5.34. The third-order valence-electron chi connectivity index (χ3n) is 3.62. The van der Waals surface area contributed by atoms with E-state index in [0.29, 0.717) is 24.9 Å². The molecule has 0 bridgehead atoms. The number of methoxy groups -OCH3 is 1. The first-order valence-electron chi connectivity index (χ1n) is 7.51. The maximum atomic E-state index is 12.4. The van der Waals surface area contributed by atoms with Crippen LogP contribution in [0.4, 0.5) is 0 Å². The van der Waals surface area contributed by atoms with Gasteiger partial charge in [0.05, 0.1) is 11.0 Å². The van der Waals surface area contributed by atoms with Gasteiger partial charge in [-0.1, -0.05) is 11.2 Å². The van der Waals surface area contributed by atoms with E-state index in [2.05, 4.69) is 10.1 Å². The number of hydrogen-bond acceptors (Lipinski definition) is 7.